The zero-order chi connectivity index (χ0) is 11.9. The second-order valence-corrected chi connectivity index (χ2v) is 3.20. The summed E-state index contributed by atoms with van der Waals surface area (Å²) in [4.78, 5) is 0. The molecule has 1 atom stereocenters. The molecular formula is C12H18O4. The smallest absolute Gasteiger partial charge is 0.349 e. The summed E-state index contributed by atoms with van der Waals surface area (Å²) in [6.45, 7) is 4.44. The van der Waals surface area contributed by atoms with E-state index in [2.05, 4.69) is 0 Å². The molecule has 1 N–H and O–H groups in total. The van der Waals surface area contributed by atoms with Crippen LogP contribution in [0.1, 0.15) is 13.8 Å². The number of hydrogen-bond donors (Lipinski definition) is 1. The van der Waals surface area contributed by atoms with Crippen molar-refractivity contribution in [3.63, 3.8) is 0 Å². The Bertz CT molecular complexity index is 288. The summed E-state index contributed by atoms with van der Waals surface area (Å²) in [5.41, 5.74) is 0. The topological polar surface area (TPSA) is 47.9 Å². The second kappa shape index (κ2) is 6.48. The first-order valence-corrected chi connectivity index (χ1v) is 5.38. The number of benzene rings is 1. The monoisotopic (exact) mass is 226 g/mol. The van der Waals surface area contributed by atoms with Gasteiger partial charge in [-0.15, -0.1) is 0 Å². The molecule has 90 valence electrons. The minimum Gasteiger partial charge on any atom is -0.437 e. The van der Waals surface area contributed by atoms with Crippen molar-refractivity contribution in [1.82, 2.24) is 0 Å². The second-order valence-electron chi connectivity index (χ2n) is 3.20. The van der Waals surface area contributed by atoms with Gasteiger partial charge in [0, 0.05) is 6.61 Å². The van der Waals surface area contributed by atoms with Crippen molar-refractivity contribution in [2.75, 3.05) is 19.8 Å². The van der Waals surface area contributed by atoms with Crippen molar-refractivity contribution in [1.29, 1.82) is 0 Å². The Hall–Kier alpha value is -1.10. The van der Waals surface area contributed by atoms with Gasteiger partial charge in [0.2, 0.25) is 0 Å². The molecule has 0 aliphatic carbocycles. The van der Waals surface area contributed by atoms with Crippen LogP contribution in [0.15, 0.2) is 30.3 Å². The van der Waals surface area contributed by atoms with Crippen molar-refractivity contribution >= 4 is 0 Å². The number of ether oxygens (including phenoxy) is 3. The van der Waals surface area contributed by atoms with E-state index < -0.39 is 5.97 Å². The molecule has 4 nitrogen and oxygen atoms in total. The van der Waals surface area contributed by atoms with Gasteiger partial charge in [-0.3, -0.25) is 0 Å². The van der Waals surface area contributed by atoms with E-state index in [4.69, 9.17) is 14.2 Å². The standard InChI is InChI=1S/C12H18O4/c1-3-14-10-12(13,15-4-2)16-11-8-6-5-7-9-11/h5-9,13H,3-4,10H2,1-2H3. The van der Waals surface area contributed by atoms with Crippen LogP contribution in [0, 0.1) is 0 Å². The maximum absolute atomic E-state index is 10.0. The maximum Gasteiger partial charge on any atom is 0.349 e. The van der Waals surface area contributed by atoms with E-state index in [0.717, 1.165) is 0 Å². The zero-order valence-corrected chi connectivity index (χ0v) is 9.68. The van der Waals surface area contributed by atoms with E-state index in [1.54, 1.807) is 19.1 Å². The molecule has 0 spiro atoms. The first-order chi connectivity index (χ1) is 7.70. The largest absolute Gasteiger partial charge is 0.437 e. The van der Waals surface area contributed by atoms with E-state index >= 15 is 0 Å². The van der Waals surface area contributed by atoms with Crippen molar-refractivity contribution in [3.05, 3.63) is 30.3 Å². The van der Waals surface area contributed by atoms with Crippen LogP contribution in [-0.4, -0.2) is 30.9 Å². The summed E-state index contributed by atoms with van der Waals surface area (Å²) in [6, 6.07) is 9.01. The summed E-state index contributed by atoms with van der Waals surface area (Å²) in [6.07, 6.45) is 0. The van der Waals surface area contributed by atoms with Crippen LogP contribution < -0.4 is 4.74 Å². The average Bonchev–Trinajstić information content (AvgIpc) is 2.28. The van der Waals surface area contributed by atoms with Crippen LogP contribution in [0.25, 0.3) is 0 Å². The molecule has 0 radical (unpaired) electrons. The Balaban J connectivity index is 2.62. The van der Waals surface area contributed by atoms with Gasteiger partial charge in [-0.1, -0.05) is 18.2 Å². The number of hydrogen-bond acceptors (Lipinski definition) is 4. The molecule has 0 aromatic heterocycles. The van der Waals surface area contributed by atoms with E-state index in [0.29, 0.717) is 19.0 Å². The zero-order valence-electron chi connectivity index (χ0n) is 9.68. The van der Waals surface area contributed by atoms with Gasteiger partial charge >= 0.3 is 5.97 Å². The summed E-state index contributed by atoms with van der Waals surface area (Å²) in [5, 5.41) is 10.0. The maximum atomic E-state index is 10.0. The molecule has 0 saturated heterocycles. The lowest BCUT2D eigenvalue weighted by molar-refractivity contribution is -0.336. The predicted molar refractivity (Wildman–Crippen MR) is 60.1 cm³/mol. The van der Waals surface area contributed by atoms with Gasteiger partial charge in [-0.25, -0.2) is 0 Å². The van der Waals surface area contributed by atoms with Gasteiger partial charge in [-0.05, 0) is 26.0 Å². The third-order valence-electron chi connectivity index (χ3n) is 1.88. The fraction of sp³-hybridized carbons (Fsp3) is 0.500. The minimum atomic E-state index is -1.72. The molecular weight excluding hydrogens is 208 g/mol. The highest BCUT2D eigenvalue weighted by molar-refractivity contribution is 5.21. The fourth-order valence-electron chi connectivity index (χ4n) is 1.23. The van der Waals surface area contributed by atoms with Gasteiger partial charge in [0.1, 0.15) is 12.4 Å². The Morgan fingerprint density at radius 2 is 1.81 bits per heavy atom. The molecule has 16 heavy (non-hydrogen) atoms. The van der Waals surface area contributed by atoms with Crippen LogP contribution in [0.3, 0.4) is 0 Å². The molecule has 0 amide bonds. The first-order valence-electron chi connectivity index (χ1n) is 5.38. The van der Waals surface area contributed by atoms with Crippen molar-refractivity contribution in [2.45, 2.75) is 19.8 Å². The van der Waals surface area contributed by atoms with Gasteiger partial charge < -0.3 is 19.3 Å². The molecule has 1 aromatic rings. The van der Waals surface area contributed by atoms with Crippen molar-refractivity contribution in [2.24, 2.45) is 0 Å². The molecule has 0 aliphatic heterocycles. The molecule has 0 heterocycles. The molecule has 0 fully saturated rings. The van der Waals surface area contributed by atoms with E-state index in [1.165, 1.54) is 0 Å². The van der Waals surface area contributed by atoms with E-state index in [-0.39, 0.29) is 6.61 Å². The molecule has 0 bridgehead atoms. The van der Waals surface area contributed by atoms with Crippen molar-refractivity contribution in [3.8, 4) is 5.75 Å². The summed E-state index contributed by atoms with van der Waals surface area (Å²) < 4.78 is 15.6. The Morgan fingerprint density at radius 3 is 2.38 bits per heavy atom. The highest BCUT2D eigenvalue weighted by atomic mass is 16.8. The summed E-state index contributed by atoms with van der Waals surface area (Å²) >= 11 is 0. The number of aliphatic hydroxyl groups is 1. The average molecular weight is 226 g/mol. The lowest BCUT2D eigenvalue weighted by Crippen LogP contribution is -2.44. The van der Waals surface area contributed by atoms with Gasteiger partial charge in [0.15, 0.2) is 0 Å². The molecule has 1 aromatic carbocycles. The molecule has 0 aliphatic rings. The molecule has 1 unspecified atom stereocenters. The van der Waals surface area contributed by atoms with E-state index in [1.807, 2.05) is 25.1 Å². The summed E-state index contributed by atoms with van der Waals surface area (Å²) in [7, 11) is 0. The molecule has 4 heteroatoms. The van der Waals surface area contributed by atoms with Crippen LogP contribution >= 0.6 is 0 Å². The van der Waals surface area contributed by atoms with Gasteiger partial charge in [0.05, 0.1) is 6.61 Å². The number of rotatable bonds is 7. The molecule has 1 rings (SSSR count). The predicted octanol–water partition coefficient (Wildman–Crippen LogP) is 1.78. The van der Waals surface area contributed by atoms with Gasteiger partial charge in [-0.2, -0.15) is 0 Å². The third-order valence-corrected chi connectivity index (χ3v) is 1.88. The van der Waals surface area contributed by atoms with Crippen LogP contribution in [0.2, 0.25) is 0 Å². The lowest BCUT2D eigenvalue weighted by atomic mass is 10.3. The lowest BCUT2D eigenvalue weighted by Gasteiger charge is -2.27. The highest BCUT2D eigenvalue weighted by Crippen LogP contribution is 2.17. The van der Waals surface area contributed by atoms with Crippen LogP contribution in [-0.2, 0) is 9.47 Å². The summed E-state index contributed by atoms with van der Waals surface area (Å²) in [5.74, 6) is -1.18. The first kappa shape index (κ1) is 13.0. The van der Waals surface area contributed by atoms with Crippen LogP contribution in [0.5, 0.6) is 5.75 Å². The minimum absolute atomic E-state index is 0.0216. The SMILES string of the molecule is CCOCC(O)(OCC)Oc1ccccc1. The highest BCUT2D eigenvalue weighted by Gasteiger charge is 2.30. The molecule has 0 saturated carbocycles. The number of para-hydroxylation sites is 1. The normalized spacial score (nSPS) is 14.4. The third kappa shape index (κ3) is 4.18. The Labute approximate surface area is 95.8 Å². The fourth-order valence-corrected chi connectivity index (χ4v) is 1.23. The van der Waals surface area contributed by atoms with E-state index in [9.17, 15) is 5.11 Å². The Morgan fingerprint density at radius 1 is 1.12 bits per heavy atom. The Kier molecular flexibility index (Phi) is 5.25. The van der Waals surface area contributed by atoms with Gasteiger partial charge in [0.25, 0.3) is 0 Å². The van der Waals surface area contributed by atoms with Crippen LogP contribution in [0.4, 0.5) is 0 Å². The quantitative estimate of drug-likeness (QED) is 0.720. The van der Waals surface area contributed by atoms with Crippen molar-refractivity contribution < 1.29 is 19.3 Å².